The molecule has 1 aromatic carbocycles. The van der Waals surface area contributed by atoms with Gasteiger partial charge >= 0.3 is 0 Å². The van der Waals surface area contributed by atoms with Gasteiger partial charge in [0.1, 0.15) is 11.4 Å². The predicted octanol–water partition coefficient (Wildman–Crippen LogP) is 2.53. The summed E-state index contributed by atoms with van der Waals surface area (Å²) in [7, 11) is 0. The minimum absolute atomic E-state index is 0.163. The molecule has 2 fully saturated rings. The van der Waals surface area contributed by atoms with Gasteiger partial charge in [0.05, 0.1) is 6.10 Å². The van der Waals surface area contributed by atoms with Crippen LogP contribution < -0.4 is 4.74 Å². The predicted molar refractivity (Wildman–Crippen MR) is 75.3 cm³/mol. The fourth-order valence-electron chi connectivity index (χ4n) is 2.94. The van der Waals surface area contributed by atoms with Crippen LogP contribution in [0, 0.1) is 0 Å². The van der Waals surface area contributed by atoms with Crippen LogP contribution in [-0.2, 0) is 5.60 Å². The molecule has 1 heterocycles. The zero-order chi connectivity index (χ0) is 13.5. The fourth-order valence-corrected chi connectivity index (χ4v) is 2.94. The number of hydrogen-bond acceptors (Lipinski definition) is 3. The maximum atomic E-state index is 10.9. The van der Waals surface area contributed by atoms with E-state index in [1.165, 1.54) is 12.8 Å². The Kier molecular flexibility index (Phi) is 3.27. The molecule has 1 N–H and O–H groups in total. The summed E-state index contributed by atoms with van der Waals surface area (Å²) in [6.45, 7) is 5.82. The molecule has 1 aromatic rings. The average molecular weight is 261 g/mol. The highest BCUT2D eigenvalue weighted by atomic mass is 16.5. The van der Waals surface area contributed by atoms with Crippen LogP contribution in [0.2, 0.25) is 0 Å². The first-order valence-electron chi connectivity index (χ1n) is 7.30. The molecule has 3 heteroatoms. The number of aliphatic hydroxyl groups is 1. The Hall–Kier alpha value is -1.06. The number of hydrogen-bond donors (Lipinski definition) is 1. The summed E-state index contributed by atoms with van der Waals surface area (Å²) in [5.74, 6) is 0.853. The van der Waals surface area contributed by atoms with E-state index in [9.17, 15) is 5.11 Å². The highest BCUT2D eigenvalue weighted by molar-refractivity contribution is 5.33. The van der Waals surface area contributed by atoms with E-state index in [-0.39, 0.29) is 6.10 Å². The van der Waals surface area contributed by atoms with Gasteiger partial charge < -0.3 is 9.84 Å². The van der Waals surface area contributed by atoms with Gasteiger partial charge in [-0.15, -0.1) is 0 Å². The van der Waals surface area contributed by atoms with Crippen molar-refractivity contribution in [3.63, 3.8) is 0 Å². The second-order valence-corrected chi connectivity index (χ2v) is 6.18. The van der Waals surface area contributed by atoms with E-state index in [1.54, 1.807) is 0 Å². The van der Waals surface area contributed by atoms with Crippen molar-refractivity contribution in [1.29, 1.82) is 0 Å². The van der Waals surface area contributed by atoms with E-state index < -0.39 is 5.60 Å². The Labute approximate surface area is 115 Å². The molecule has 0 bridgehead atoms. The minimum atomic E-state index is -0.695. The summed E-state index contributed by atoms with van der Waals surface area (Å²) in [4.78, 5) is 2.43. The zero-order valence-corrected chi connectivity index (χ0v) is 11.8. The van der Waals surface area contributed by atoms with E-state index in [4.69, 9.17) is 4.74 Å². The average Bonchev–Trinajstić information content (AvgIpc) is 3.13. The summed E-state index contributed by atoms with van der Waals surface area (Å²) < 4.78 is 5.72. The lowest BCUT2D eigenvalue weighted by Gasteiger charge is -2.24. The van der Waals surface area contributed by atoms with Crippen LogP contribution in [-0.4, -0.2) is 35.2 Å². The Morgan fingerprint density at radius 3 is 2.84 bits per heavy atom. The Morgan fingerprint density at radius 2 is 2.16 bits per heavy atom. The van der Waals surface area contributed by atoms with E-state index >= 15 is 0 Å². The van der Waals surface area contributed by atoms with E-state index in [0.29, 0.717) is 0 Å². The number of benzene rings is 1. The number of nitrogens with zero attached hydrogens (tertiary/aromatic N) is 1. The maximum absolute atomic E-state index is 10.9. The van der Waals surface area contributed by atoms with Gasteiger partial charge in [-0.05, 0) is 50.8 Å². The Bertz CT molecular complexity index is 456. The molecule has 0 amide bonds. The first-order chi connectivity index (χ1) is 9.07. The van der Waals surface area contributed by atoms with Gasteiger partial charge in [-0.25, -0.2) is 0 Å². The molecule has 0 aromatic heterocycles. The molecule has 1 aliphatic carbocycles. The van der Waals surface area contributed by atoms with Crippen LogP contribution >= 0.6 is 0 Å². The van der Waals surface area contributed by atoms with Crippen LogP contribution in [0.3, 0.4) is 0 Å². The van der Waals surface area contributed by atoms with Crippen molar-refractivity contribution in [2.24, 2.45) is 0 Å². The number of rotatable bonds is 4. The van der Waals surface area contributed by atoms with Gasteiger partial charge in [-0.3, -0.25) is 4.90 Å². The summed E-state index contributed by atoms with van der Waals surface area (Å²) in [5, 5.41) is 10.9. The molecule has 1 unspecified atom stereocenters. The van der Waals surface area contributed by atoms with Crippen LogP contribution in [0.4, 0.5) is 0 Å². The van der Waals surface area contributed by atoms with Gasteiger partial charge in [0.25, 0.3) is 0 Å². The van der Waals surface area contributed by atoms with Crippen molar-refractivity contribution in [3.8, 4) is 5.75 Å². The van der Waals surface area contributed by atoms with Gasteiger partial charge in [-0.1, -0.05) is 12.1 Å². The summed E-state index contributed by atoms with van der Waals surface area (Å²) in [6, 6.07) is 8.68. The van der Waals surface area contributed by atoms with Crippen molar-refractivity contribution >= 4 is 0 Å². The normalized spacial score (nSPS) is 28.0. The lowest BCUT2D eigenvalue weighted by atomic mass is 9.93. The molecule has 19 heavy (non-hydrogen) atoms. The molecule has 3 nitrogen and oxygen atoms in total. The van der Waals surface area contributed by atoms with Crippen LogP contribution in [0.25, 0.3) is 0 Å². The monoisotopic (exact) mass is 261 g/mol. The van der Waals surface area contributed by atoms with E-state index in [0.717, 1.165) is 36.9 Å². The first kappa shape index (κ1) is 12.9. The van der Waals surface area contributed by atoms with E-state index in [2.05, 4.69) is 4.90 Å². The fraction of sp³-hybridized carbons (Fsp3) is 0.625. The lowest BCUT2D eigenvalue weighted by molar-refractivity contribution is 0.0448. The third-order valence-electron chi connectivity index (χ3n) is 4.08. The summed E-state index contributed by atoms with van der Waals surface area (Å²) >= 11 is 0. The zero-order valence-electron chi connectivity index (χ0n) is 11.8. The van der Waals surface area contributed by atoms with Crippen LogP contribution in [0.1, 0.15) is 38.7 Å². The summed E-state index contributed by atoms with van der Waals surface area (Å²) in [5.41, 5.74) is 0.299. The quantitative estimate of drug-likeness (QED) is 0.904. The second kappa shape index (κ2) is 4.80. The maximum Gasteiger partial charge on any atom is 0.120 e. The SMILES string of the molecule is CC(C)Oc1cccc(C2(O)CCN(C3CC3)C2)c1. The standard InChI is InChI=1S/C16H23NO2/c1-12(2)19-15-5-3-4-13(10-15)16(18)8-9-17(11-16)14-6-7-14/h3-5,10,12,14,18H,6-9,11H2,1-2H3. The second-order valence-electron chi connectivity index (χ2n) is 6.18. The van der Waals surface area contributed by atoms with Crippen LogP contribution in [0.5, 0.6) is 5.75 Å². The van der Waals surface area contributed by atoms with Crippen molar-refractivity contribution in [2.45, 2.75) is 50.9 Å². The third kappa shape index (κ3) is 2.77. The van der Waals surface area contributed by atoms with Crippen molar-refractivity contribution in [1.82, 2.24) is 4.90 Å². The molecule has 0 radical (unpaired) electrons. The molecule has 1 aliphatic heterocycles. The number of ether oxygens (including phenoxy) is 1. The molecular weight excluding hydrogens is 238 g/mol. The molecule has 104 valence electrons. The molecule has 1 atom stereocenters. The van der Waals surface area contributed by atoms with Crippen molar-refractivity contribution in [2.75, 3.05) is 13.1 Å². The molecule has 3 rings (SSSR count). The van der Waals surface area contributed by atoms with Crippen molar-refractivity contribution < 1.29 is 9.84 Å². The minimum Gasteiger partial charge on any atom is -0.491 e. The first-order valence-corrected chi connectivity index (χ1v) is 7.30. The highest BCUT2D eigenvalue weighted by Crippen LogP contribution is 2.39. The van der Waals surface area contributed by atoms with Gasteiger partial charge in [0.15, 0.2) is 0 Å². The van der Waals surface area contributed by atoms with Crippen molar-refractivity contribution in [3.05, 3.63) is 29.8 Å². The van der Waals surface area contributed by atoms with Gasteiger partial charge in [0, 0.05) is 19.1 Å². The largest absolute Gasteiger partial charge is 0.491 e. The smallest absolute Gasteiger partial charge is 0.120 e. The highest BCUT2D eigenvalue weighted by Gasteiger charge is 2.43. The molecule has 1 saturated heterocycles. The van der Waals surface area contributed by atoms with Gasteiger partial charge in [-0.2, -0.15) is 0 Å². The number of likely N-dealkylation sites (tertiary alicyclic amines) is 1. The molecular formula is C16H23NO2. The lowest BCUT2D eigenvalue weighted by Crippen LogP contribution is -2.31. The molecule has 1 saturated carbocycles. The summed E-state index contributed by atoms with van der Waals surface area (Å²) in [6.07, 6.45) is 3.59. The molecule has 2 aliphatic rings. The number of β-amino-alcohol motifs (C(OH)–C–C–N with tert-alkyl or cyclic N) is 1. The third-order valence-corrected chi connectivity index (χ3v) is 4.08. The van der Waals surface area contributed by atoms with E-state index in [1.807, 2.05) is 38.1 Å². The Morgan fingerprint density at radius 1 is 1.37 bits per heavy atom. The van der Waals surface area contributed by atoms with Crippen LogP contribution in [0.15, 0.2) is 24.3 Å². The van der Waals surface area contributed by atoms with Gasteiger partial charge in [0.2, 0.25) is 0 Å². The molecule has 0 spiro atoms. The Balaban J connectivity index is 1.77. The topological polar surface area (TPSA) is 32.7 Å².